The van der Waals surface area contributed by atoms with Crippen LogP contribution in [0.15, 0.2) is 46.9 Å². The first-order valence-electron chi connectivity index (χ1n) is 5.74. The van der Waals surface area contributed by atoms with Gasteiger partial charge in [-0.05, 0) is 42.0 Å². The van der Waals surface area contributed by atoms with E-state index in [1.807, 2.05) is 0 Å². The molecule has 106 valence electrons. The van der Waals surface area contributed by atoms with Crippen molar-refractivity contribution < 1.29 is 17.9 Å². The number of halogens is 4. The van der Waals surface area contributed by atoms with Crippen molar-refractivity contribution in [1.29, 1.82) is 0 Å². The number of hydrogen-bond acceptors (Lipinski definition) is 2. The van der Waals surface area contributed by atoms with E-state index < -0.39 is 11.7 Å². The molecule has 2 nitrogen and oxygen atoms in total. The van der Waals surface area contributed by atoms with E-state index >= 15 is 0 Å². The van der Waals surface area contributed by atoms with Crippen molar-refractivity contribution in [1.82, 2.24) is 0 Å². The highest BCUT2D eigenvalue weighted by molar-refractivity contribution is 9.10. The summed E-state index contributed by atoms with van der Waals surface area (Å²) < 4.78 is 44.9. The second kappa shape index (κ2) is 5.85. The van der Waals surface area contributed by atoms with Crippen LogP contribution < -0.4 is 10.5 Å². The summed E-state index contributed by atoms with van der Waals surface area (Å²) in [5, 5.41) is 0. The quantitative estimate of drug-likeness (QED) is 0.873. The van der Waals surface area contributed by atoms with Crippen molar-refractivity contribution in [3.05, 3.63) is 58.1 Å². The topological polar surface area (TPSA) is 35.2 Å². The maximum absolute atomic E-state index is 12.9. The largest absolute Gasteiger partial charge is 0.457 e. The Morgan fingerprint density at radius 3 is 2.15 bits per heavy atom. The van der Waals surface area contributed by atoms with Gasteiger partial charge in [0.1, 0.15) is 11.5 Å². The van der Waals surface area contributed by atoms with Crippen molar-refractivity contribution in [3.63, 3.8) is 0 Å². The van der Waals surface area contributed by atoms with Crippen LogP contribution in [-0.4, -0.2) is 0 Å². The number of nitrogens with two attached hydrogens (primary N) is 1. The molecule has 0 aliphatic carbocycles. The Morgan fingerprint density at radius 1 is 1.00 bits per heavy atom. The second-order valence-electron chi connectivity index (χ2n) is 4.08. The molecule has 2 rings (SSSR count). The Kier molecular flexibility index (Phi) is 4.35. The highest BCUT2D eigenvalue weighted by Gasteiger charge is 2.33. The van der Waals surface area contributed by atoms with E-state index in [0.717, 1.165) is 10.5 Å². The fourth-order valence-electron chi connectivity index (χ4n) is 1.70. The molecule has 2 aromatic rings. The van der Waals surface area contributed by atoms with Gasteiger partial charge in [0, 0.05) is 11.0 Å². The van der Waals surface area contributed by atoms with Gasteiger partial charge in [0.25, 0.3) is 0 Å². The fourth-order valence-corrected chi connectivity index (χ4v) is 1.96. The zero-order valence-corrected chi connectivity index (χ0v) is 11.8. The van der Waals surface area contributed by atoms with Gasteiger partial charge in [-0.2, -0.15) is 13.2 Å². The molecule has 0 amide bonds. The van der Waals surface area contributed by atoms with Crippen molar-refractivity contribution in [2.24, 2.45) is 5.73 Å². The van der Waals surface area contributed by atoms with Crippen LogP contribution in [-0.2, 0) is 12.7 Å². The molecule has 0 fully saturated rings. The molecule has 0 aliphatic heterocycles. The molecule has 6 heteroatoms. The molecule has 0 bridgehead atoms. The molecule has 0 saturated heterocycles. The Hall–Kier alpha value is -1.53. The van der Waals surface area contributed by atoms with Crippen LogP contribution in [0.1, 0.15) is 11.1 Å². The lowest BCUT2D eigenvalue weighted by atomic mass is 10.1. The first kappa shape index (κ1) is 14.9. The van der Waals surface area contributed by atoms with Gasteiger partial charge in [-0.15, -0.1) is 0 Å². The van der Waals surface area contributed by atoms with Gasteiger partial charge in [-0.1, -0.05) is 22.0 Å². The van der Waals surface area contributed by atoms with E-state index in [2.05, 4.69) is 15.9 Å². The Balaban J connectivity index is 2.31. The zero-order valence-electron chi connectivity index (χ0n) is 10.2. The van der Waals surface area contributed by atoms with E-state index in [9.17, 15) is 13.2 Å². The van der Waals surface area contributed by atoms with Crippen LogP contribution in [0, 0.1) is 0 Å². The SMILES string of the molecule is NCc1ccc(Oc2ccc(Br)cc2)cc1C(F)(F)F. The molecular formula is C14H11BrF3NO. The van der Waals surface area contributed by atoms with Crippen LogP contribution in [0.25, 0.3) is 0 Å². The summed E-state index contributed by atoms with van der Waals surface area (Å²) in [6.45, 7) is -0.173. The van der Waals surface area contributed by atoms with E-state index in [1.165, 1.54) is 12.1 Å². The maximum atomic E-state index is 12.9. The standard InChI is InChI=1S/C14H11BrF3NO/c15-10-2-5-11(6-3-10)20-12-4-1-9(8-19)13(7-12)14(16,17)18/h1-7H,8,19H2. The Bertz CT molecular complexity index is 596. The number of alkyl halides is 3. The van der Waals surface area contributed by atoms with Crippen molar-refractivity contribution in [2.75, 3.05) is 0 Å². The molecule has 2 aromatic carbocycles. The molecule has 20 heavy (non-hydrogen) atoms. The summed E-state index contributed by atoms with van der Waals surface area (Å²) in [7, 11) is 0. The summed E-state index contributed by atoms with van der Waals surface area (Å²) in [5.41, 5.74) is 4.59. The molecule has 0 heterocycles. The van der Waals surface area contributed by atoms with E-state index in [-0.39, 0.29) is 17.9 Å². The van der Waals surface area contributed by atoms with Crippen LogP contribution in [0.4, 0.5) is 13.2 Å². The molecule has 0 aromatic heterocycles. The van der Waals surface area contributed by atoms with E-state index in [4.69, 9.17) is 10.5 Å². The minimum atomic E-state index is -4.45. The third-order valence-corrected chi connectivity index (χ3v) is 3.18. The van der Waals surface area contributed by atoms with Crippen molar-refractivity contribution in [3.8, 4) is 11.5 Å². The number of hydrogen-bond donors (Lipinski definition) is 1. The summed E-state index contributed by atoms with van der Waals surface area (Å²) in [4.78, 5) is 0. The van der Waals surface area contributed by atoms with Gasteiger partial charge in [-0.25, -0.2) is 0 Å². The molecule has 0 saturated carbocycles. The highest BCUT2D eigenvalue weighted by Crippen LogP contribution is 2.35. The molecule has 0 spiro atoms. The van der Waals surface area contributed by atoms with E-state index in [1.54, 1.807) is 24.3 Å². The minimum Gasteiger partial charge on any atom is -0.457 e. The van der Waals surface area contributed by atoms with Gasteiger partial charge >= 0.3 is 6.18 Å². The summed E-state index contributed by atoms with van der Waals surface area (Å²) in [5.74, 6) is 0.582. The first-order chi connectivity index (χ1) is 9.40. The van der Waals surface area contributed by atoms with Crippen LogP contribution in [0.5, 0.6) is 11.5 Å². The lowest BCUT2D eigenvalue weighted by Gasteiger charge is -2.14. The van der Waals surface area contributed by atoms with Crippen molar-refractivity contribution in [2.45, 2.75) is 12.7 Å². The Labute approximate surface area is 122 Å². The fraction of sp³-hybridized carbons (Fsp3) is 0.143. The third kappa shape index (κ3) is 3.52. The monoisotopic (exact) mass is 345 g/mol. The third-order valence-electron chi connectivity index (χ3n) is 2.66. The zero-order chi connectivity index (χ0) is 14.8. The van der Waals surface area contributed by atoms with Gasteiger partial charge in [0.15, 0.2) is 0 Å². The molecule has 0 aliphatic rings. The maximum Gasteiger partial charge on any atom is 0.416 e. The van der Waals surface area contributed by atoms with E-state index in [0.29, 0.717) is 5.75 Å². The second-order valence-corrected chi connectivity index (χ2v) is 4.99. The predicted octanol–water partition coefficient (Wildman–Crippen LogP) is 4.72. The number of rotatable bonds is 3. The summed E-state index contributed by atoms with van der Waals surface area (Å²) in [6.07, 6.45) is -4.45. The van der Waals surface area contributed by atoms with Gasteiger partial charge < -0.3 is 10.5 Å². The van der Waals surface area contributed by atoms with Gasteiger partial charge in [0.05, 0.1) is 5.56 Å². The molecule has 0 radical (unpaired) electrons. The van der Waals surface area contributed by atoms with Crippen LogP contribution in [0.2, 0.25) is 0 Å². The smallest absolute Gasteiger partial charge is 0.416 e. The molecule has 0 atom stereocenters. The van der Waals surface area contributed by atoms with Crippen molar-refractivity contribution >= 4 is 15.9 Å². The van der Waals surface area contributed by atoms with Gasteiger partial charge in [0.2, 0.25) is 0 Å². The van der Waals surface area contributed by atoms with Crippen LogP contribution in [0.3, 0.4) is 0 Å². The van der Waals surface area contributed by atoms with Gasteiger partial charge in [-0.3, -0.25) is 0 Å². The summed E-state index contributed by atoms with van der Waals surface area (Å²) in [6, 6.07) is 10.6. The number of ether oxygens (including phenoxy) is 1. The summed E-state index contributed by atoms with van der Waals surface area (Å²) >= 11 is 3.27. The number of benzene rings is 2. The Morgan fingerprint density at radius 2 is 1.60 bits per heavy atom. The molecule has 0 unspecified atom stereocenters. The average Bonchev–Trinajstić information content (AvgIpc) is 2.40. The predicted molar refractivity (Wildman–Crippen MR) is 73.6 cm³/mol. The lowest BCUT2D eigenvalue weighted by Crippen LogP contribution is -2.11. The highest BCUT2D eigenvalue weighted by atomic mass is 79.9. The first-order valence-corrected chi connectivity index (χ1v) is 6.53. The molecular weight excluding hydrogens is 335 g/mol. The minimum absolute atomic E-state index is 0.0423. The molecule has 2 N–H and O–H groups in total. The normalized spacial score (nSPS) is 11.4. The average molecular weight is 346 g/mol. The lowest BCUT2D eigenvalue weighted by molar-refractivity contribution is -0.138. The van der Waals surface area contributed by atoms with Crippen LogP contribution >= 0.6 is 15.9 Å².